The van der Waals surface area contributed by atoms with Crippen LogP contribution in [0.1, 0.15) is 19.4 Å². The largest absolute Gasteiger partial charge is 0.206 e. The Balaban J connectivity index is 0.000000606. The molecule has 0 nitrogen and oxygen atoms in total. The lowest BCUT2D eigenvalue weighted by Gasteiger charge is -2.04. The Bertz CT molecular complexity index is 432. The number of rotatable bonds is 1. The molecule has 2 aromatic rings. The SMILES string of the molecule is CC.Cc1cccc(-c2ccccc2)c1F. The van der Waals surface area contributed by atoms with Gasteiger partial charge in [0.25, 0.3) is 0 Å². The summed E-state index contributed by atoms with van der Waals surface area (Å²) in [6.07, 6.45) is 0. The van der Waals surface area contributed by atoms with Gasteiger partial charge < -0.3 is 0 Å². The van der Waals surface area contributed by atoms with Crippen LogP contribution in [0.4, 0.5) is 4.39 Å². The molecule has 84 valence electrons. The zero-order valence-electron chi connectivity index (χ0n) is 10.00. The zero-order valence-corrected chi connectivity index (χ0v) is 10.00. The molecule has 0 unspecified atom stereocenters. The molecule has 0 saturated heterocycles. The van der Waals surface area contributed by atoms with E-state index in [9.17, 15) is 4.39 Å². The van der Waals surface area contributed by atoms with Crippen LogP contribution in [-0.2, 0) is 0 Å². The summed E-state index contributed by atoms with van der Waals surface area (Å²) in [7, 11) is 0. The van der Waals surface area contributed by atoms with Gasteiger partial charge in [0.05, 0.1) is 0 Å². The molecule has 2 rings (SSSR count). The molecule has 0 atom stereocenters. The van der Waals surface area contributed by atoms with Crippen molar-refractivity contribution >= 4 is 0 Å². The fraction of sp³-hybridized carbons (Fsp3) is 0.200. The van der Waals surface area contributed by atoms with Crippen LogP contribution in [0.5, 0.6) is 0 Å². The van der Waals surface area contributed by atoms with Crippen molar-refractivity contribution in [2.24, 2.45) is 0 Å². The molecule has 0 N–H and O–H groups in total. The molecule has 0 aliphatic rings. The number of aryl methyl sites for hydroxylation is 1. The lowest BCUT2D eigenvalue weighted by molar-refractivity contribution is 0.622. The summed E-state index contributed by atoms with van der Waals surface area (Å²) in [5.74, 6) is -0.126. The van der Waals surface area contributed by atoms with E-state index in [2.05, 4.69) is 0 Å². The number of halogens is 1. The fourth-order valence-electron chi connectivity index (χ4n) is 1.49. The monoisotopic (exact) mass is 216 g/mol. The van der Waals surface area contributed by atoms with E-state index in [1.54, 1.807) is 19.1 Å². The molecule has 0 bridgehead atoms. The standard InChI is InChI=1S/C13H11F.C2H6/c1-10-6-5-9-12(13(10)14)11-7-3-2-4-8-11;1-2/h2-9H,1H3;1-2H3. The number of benzene rings is 2. The molecule has 1 heteroatoms. The maximum Gasteiger partial charge on any atom is 0.133 e. The lowest BCUT2D eigenvalue weighted by Crippen LogP contribution is -1.87. The van der Waals surface area contributed by atoms with Gasteiger partial charge in [-0.15, -0.1) is 0 Å². The van der Waals surface area contributed by atoms with Gasteiger partial charge in [0.15, 0.2) is 0 Å². The third-order valence-corrected chi connectivity index (χ3v) is 2.28. The topological polar surface area (TPSA) is 0 Å². The smallest absolute Gasteiger partial charge is 0.133 e. The highest BCUT2D eigenvalue weighted by Gasteiger charge is 2.05. The van der Waals surface area contributed by atoms with Crippen LogP contribution in [-0.4, -0.2) is 0 Å². The van der Waals surface area contributed by atoms with Crippen LogP contribution >= 0.6 is 0 Å². The van der Waals surface area contributed by atoms with E-state index in [0.717, 1.165) is 5.56 Å². The molecular formula is C15H17F. The average Bonchev–Trinajstić information content (AvgIpc) is 2.36. The van der Waals surface area contributed by atoms with Crippen molar-refractivity contribution in [2.45, 2.75) is 20.8 Å². The first-order valence-electron chi connectivity index (χ1n) is 5.59. The number of hydrogen-bond donors (Lipinski definition) is 0. The lowest BCUT2D eigenvalue weighted by atomic mass is 10.0. The summed E-state index contributed by atoms with van der Waals surface area (Å²) in [5, 5.41) is 0. The molecule has 0 saturated carbocycles. The molecule has 0 aliphatic carbocycles. The first-order chi connectivity index (χ1) is 7.79. The Labute approximate surface area is 96.8 Å². The van der Waals surface area contributed by atoms with Crippen molar-refractivity contribution in [3.8, 4) is 11.1 Å². The van der Waals surface area contributed by atoms with Gasteiger partial charge in [-0.1, -0.05) is 62.4 Å². The predicted octanol–water partition coefficient (Wildman–Crippen LogP) is 4.83. The Morgan fingerprint density at radius 2 is 1.44 bits per heavy atom. The molecule has 0 fully saturated rings. The summed E-state index contributed by atoms with van der Waals surface area (Å²) in [5.41, 5.74) is 2.28. The van der Waals surface area contributed by atoms with Crippen LogP contribution in [0.3, 0.4) is 0 Å². The van der Waals surface area contributed by atoms with Crippen LogP contribution in [0.2, 0.25) is 0 Å². The molecule has 0 amide bonds. The van der Waals surface area contributed by atoms with Gasteiger partial charge in [-0.3, -0.25) is 0 Å². The summed E-state index contributed by atoms with van der Waals surface area (Å²) in [4.78, 5) is 0. The average molecular weight is 216 g/mol. The summed E-state index contributed by atoms with van der Waals surface area (Å²) in [6, 6.07) is 15.0. The van der Waals surface area contributed by atoms with E-state index < -0.39 is 0 Å². The van der Waals surface area contributed by atoms with Crippen molar-refractivity contribution < 1.29 is 4.39 Å². The Kier molecular flexibility index (Phi) is 4.71. The van der Waals surface area contributed by atoms with Gasteiger partial charge in [0.2, 0.25) is 0 Å². The van der Waals surface area contributed by atoms with Crippen molar-refractivity contribution in [1.82, 2.24) is 0 Å². The van der Waals surface area contributed by atoms with E-state index in [4.69, 9.17) is 0 Å². The Morgan fingerprint density at radius 3 is 2.06 bits per heavy atom. The van der Waals surface area contributed by atoms with Gasteiger partial charge in [-0.2, -0.15) is 0 Å². The second-order valence-electron chi connectivity index (χ2n) is 3.30. The van der Waals surface area contributed by atoms with Crippen LogP contribution in [0.15, 0.2) is 48.5 Å². The highest BCUT2D eigenvalue weighted by atomic mass is 19.1. The highest BCUT2D eigenvalue weighted by molar-refractivity contribution is 5.64. The van der Waals surface area contributed by atoms with Gasteiger partial charge in [-0.25, -0.2) is 4.39 Å². The third-order valence-electron chi connectivity index (χ3n) is 2.28. The van der Waals surface area contributed by atoms with Crippen LogP contribution in [0, 0.1) is 12.7 Å². The first kappa shape index (κ1) is 12.4. The second-order valence-corrected chi connectivity index (χ2v) is 3.30. The molecule has 0 spiro atoms. The molecule has 16 heavy (non-hydrogen) atoms. The van der Waals surface area contributed by atoms with Crippen molar-refractivity contribution in [1.29, 1.82) is 0 Å². The predicted molar refractivity (Wildman–Crippen MR) is 67.9 cm³/mol. The van der Waals surface area contributed by atoms with Crippen molar-refractivity contribution in [3.05, 3.63) is 59.9 Å². The minimum absolute atomic E-state index is 0.126. The van der Waals surface area contributed by atoms with E-state index >= 15 is 0 Å². The van der Waals surface area contributed by atoms with Gasteiger partial charge in [0.1, 0.15) is 5.82 Å². The highest BCUT2D eigenvalue weighted by Crippen LogP contribution is 2.23. The van der Waals surface area contributed by atoms with E-state index in [0.29, 0.717) is 11.1 Å². The minimum atomic E-state index is -0.126. The molecule has 0 heterocycles. The molecule has 0 aliphatic heterocycles. The first-order valence-corrected chi connectivity index (χ1v) is 5.59. The minimum Gasteiger partial charge on any atom is -0.206 e. The summed E-state index contributed by atoms with van der Waals surface area (Å²) >= 11 is 0. The Morgan fingerprint density at radius 1 is 0.812 bits per heavy atom. The number of hydrogen-bond acceptors (Lipinski definition) is 0. The van der Waals surface area contributed by atoms with Crippen molar-refractivity contribution in [2.75, 3.05) is 0 Å². The van der Waals surface area contributed by atoms with E-state index in [1.807, 2.05) is 50.2 Å². The summed E-state index contributed by atoms with van der Waals surface area (Å²) in [6.45, 7) is 5.78. The molecule has 2 aromatic carbocycles. The maximum absolute atomic E-state index is 13.7. The van der Waals surface area contributed by atoms with Gasteiger partial charge in [0, 0.05) is 5.56 Å². The molecule has 0 aromatic heterocycles. The van der Waals surface area contributed by atoms with E-state index in [-0.39, 0.29) is 5.82 Å². The van der Waals surface area contributed by atoms with Crippen LogP contribution < -0.4 is 0 Å². The van der Waals surface area contributed by atoms with Crippen LogP contribution in [0.25, 0.3) is 11.1 Å². The third kappa shape index (κ3) is 2.69. The van der Waals surface area contributed by atoms with E-state index in [1.165, 1.54) is 0 Å². The fourth-order valence-corrected chi connectivity index (χ4v) is 1.49. The van der Waals surface area contributed by atoms with Gasteiger partial charge in [-0.05, 0) is 18.1 Å². The normalized spacial score (nSPS) is 9.25. The Hall–Kier alpha value is -1.63. The summed E-state index contributed by atoms with van der Waals surface area (Å²) < 4.78 is 13.7. The quantitative estimate of drug-likeness (QED) is 0.640. The second kappa shape index (κ2) is 6.06. The zero-order chi connectivity index (χ0) is 12.0. The maximum atomic E-state index is 13.7. The van der Waals surface area contributed by atoms with Gasteiger partial charge >= 0.3 is 0 Å². The molecule has 0 radical (unpaired) electrons. The van der Waals surface area contributed by atoms with Crippen molar-refractivity contribution in [3.63, 3.8) is 0 Å². The molecular weight excluding hydrogens is 199 g/mol.